The Morgan fingerprint density at radius 2 is 1.58 bits per heavy atom. The van der Waals surface area contributed by atoms with Gasteiger partial charge < -0.3 is 9.47 Å². The standard InChI is InChI=1S/C15H14BrClO2/c16-13-4-6-14(7-5-13)18-8-9-19-15-3-1-2-12(10-15)11-17/h1-7,10H,8-9,11H2. The highest BCUT2D eigenvalue weighted by molar-refractivity contribution is 9.10. The van der Waals surface area contributed by atoms with Crippen LogP contribution in [0, 0.1) is 0 Å². The highest BCUT2D eigenvalue weighted by atomic mass is 79.9. The summed E-state index contributed by atoms with van der Waals surface area (Å²) in [7, 11) is 0. The van der Waals surface area contributed by atoms with Crippen LogP contribution in [0.1, 0.15) is 5.56 Å². The Balaban J connectivity index is 1.75. The van der Waals surface area contributed by atoms with Crippen LogP contribution >= 0.6 is 27.5 Å². The van der Waals surface area contributed by atoms with E-state index in [2.05, 4.69) is 15.9 Å². The van der Waals surface area contributed by atoms with Crippen LogP contribution in [0.5, 0.6) is 11.5 Å². The molecular formula is C15H14BrClO2. The molecule has 0 aliphatic rings. The van der Waals surface area contributed by atoms with Gasteiger partial charge in [-0.1, -0.05) is 28.1 Å². The molecule has 0 radical (unpaired) electrons. The number of hydrogen-bond acceptors (Lipinski definition) is 2. The maximum Gasteiger partial charge on any atom is 0.122 e. The van der Waals surface area contributed by atoms with E-state index in [-0.39, 0.29) is 0 Å². The molecule has 0 saturated carbocycles. The van der Waals surface area contributed by atoms with E-state index < -0.39 is 0 Å². The summed E-state index contributed by atoms with van der Waals surface area (Å²) in [5, 5.41) is 0. The van der Waals surface area contributed by atoms with E-state index in [1.54, 1.807) is 0 Å². The summed E-state index contributed by atoms with van der Waals surface area (Å²) in [6.45, 7) is 1.01. The maximum absolute atomic E-state index is 5.77. The second-order valence-electron chi connectivity index (χ2n) is 3.93. The van der Waals surface area contributed by atoms with Crippen LogP contribution in [0.3, 0.4) is 0 Å². The van der Waals surface area contributed by atoms with Crippen molar-refractivity contribution in [2.24, 2.45) is 0 Å². The average molecular weight is 342 g/mol. The lowest BCUT2D eigenvalue weighted by molar-refractivity contribution is 0.217. The molecule has 2 nitrogen and oxygen atoms in total. The molecule has 0 N–H and O–H groups in total. The summed E-state index contributed by atoms with van der Waals surface area (Å²) >= 11 is 9.15. The average Bonchev–Trinajstić information content (AvgIpc) is 2.46. The molecule has 0 bridgehead atoms. The zero-order valence-corrected chi connectivity index (χ0v) is 12.7. The van der Waals surface area contributed by atoms with Gasteiger partial charge in [-0.2, -0.15) is 0 Å². The van der Waals surface area contributed by atoms with E-state index in [0.717, 1.165) is 21.5 Å². The number of halogens is 2. The van der Waals surface area contributed by atoms with Crippen molar-refractivity contribution in [2.45, 2.75) is 5.88 Å². The van der Waals surface area contributed by atoms with Gasteiger partial charge in [0, 0.05) is 10.4 Å². The molecule has 19 heavy (non-hydrogen) atoms. The molecule has 2 rings (SSSR count). The molecule has 4 heteroatoms. The summed E-state index contributed by atoms with van der Waals surface area (Å²) in [4.78, 5) is 0. The van der Waals surface area contributed by atoms with E-state index in [0.29, 0.717) is 19.1 Å². The van der Waals surface area contributed by atoms with E-state index in [1.807, 2.05) is 48.5 Å². The van der Waals surface area contributed by atoms with E-state index >= 15 is 0 Å². The second-order valence-corrected chi connectivity index (χ2v) is 5.11. The van der Waals surface area contributed by atoms with E-state index in [4.69, 9.17) is 21.1 Å². The number of hydrogen-bond donors (Lipinski definition) is 0. The number of alkyl halides is 1. The van der Waals surface area contributed by atoms with Crippen LogP contribution in [0.4, 0.5) is 0 Å². The largest absolute Gasteiger partial charge is 0.490 e. The number of rotatable bonds is 6. The molecule has 0 spiro atoms. The monoisotopic (exact) mass is 340 g/mol. The molecular weight excluding hydrogens is 328 g/mol. The Morgan fingerprint density at radius 1 is 0.895 bits per heavy atom. The molecule has 0 aromatic heterocycles. The third-order valence-corrected chi connectivity index (χ3v) is 3.32. The van der Waals surface area contributed by atoms with Crippen LogP contribution in [0.2, 0.25) is 0 Å². The minimum absolute atomic E-state index is 0.493. The fourth-order valence-electron chi connectivity index (χ4n) is 1.57. The first kappa shape index (κ1) is 14.2. The number of ether oxygens (including phenoxy) is 2. The van der Waals surface area contributed by atoms with E-state index in [1.165, 1.54) is 0 Å². The van der Waals surface area contributed by atoms with Crippen LogP contribution in [-0.2, 0) is 5.88 Å². The summed E-state index contributed by atoms with van der Waals surface area (Å²) in [6, 6.07) is 15.5. The zero-order valence-electron chi connectivity index (χ0n) is 10.3. The lowest BCUT2D eigenvalue weighted by atomic mass is 10.2. The first-order valence-corrected chi connectivity index (χ1v) is 7.27. The predicted molar refractivity (Wildman–Crippen MR) is 81.1 cm³/mol. The van der Waals surface area contributed by atoms with Gasteiger partial charge in [0.15, 0.2) is 0 Å². The minimum atomic E-state index is 0.493. The van der Waals surface area contributed by atoms with Crippen molar-refractivity contribution >= 4 is 27.5 Å². The fourth-order valence-corrected chi connectivity index (χ4v) is 2.00. The van der Waals surface area contributed by atoms with Crippen molar-refractivity contribution in [1.82, 2.24) is 0 Å². The van der Waals surface area contributed by atoms with Crippen molar-refractivity contribution in [3.05, 3.63) is 58.6 Å². The summed E-state index contributed by atoms with van der Waals surface area (Å²) in [5.74, 6) is 2.14. The van der Waals surface area contributed by atoms with Gasteiger partial charge in [-0.15, -0.1) is 11.6 Å². The Labute approximate surface area is 126 Å². The summed E-state index contributed by atoms with van der Waals surface area (Å²) in [6.07, 6.45) is 0. The Morgan fingerprint density at radius 3 is 2.26 bits per heavy atom. The maximum atomic E-state index is 5.77. The molecule has 0 aliphatic heterocycles. The molecule has 2 aromatic rings. The Kier molecular flexibility index (Phi) is 5.55. The van der Waals surface area contributed by atoms with Crippen molar-refractivity contribution in [2.75, 3.05) is 13.2 Å². The molecule has 0 amide bonds. The van der Waals surface area contributed by atoms with Crippen LogP contribution < -0.4 is 9.47 Å². The van der Waals surface area contributed by atoms with Gasteiger partial charge in [-0.3, -0.25) is 0 Å². The highest BCUT2D eigenvalue weighted by Crippen LogP contribution is 2.17. The van der Waals surface area contributed by atoms with Crippen molar-refractivity contribution in [3.63, 3.8) is 0 Å². The second kappa shape index (κ2) is 7.41. The normalized spacial score (nSPS) is 10.2. The molecule has 0 unspecified atom stereocenters. The molecule has 100 valence electrons. The zero-order chi connectivity index (χ0) is 13.5. The fraction of sp³-hybridized carbons (Fsp3) is 0.200. The quantitative estimate of drug-likeness (QED) is 0.562. The highest BCUT2D eigenvalue weighted by Gasteiger charge is 1.97. The van der Waals surface area contributed by atoms with Gasteiger partial charge in [-0.25, -0.2) is 0 Å². The summed E-state index contributed by atoms with van der Waals surface area (Å²) < 4.78 is 12.2. The van der Waals surface area contributed by atoms with Gasteiger partial charge >= 0.3 is 0 Å². The topological polar surface area (TPSA) is 18.5 Å². The smallest absolute Gasteiger partial charge is 0.122 e. The van der Waals surface area contributed by atoms with Crippen LogP contribution in [0.25, 0.3) is 0 Å². The molecule has 2 aromatic carbocycles. The Hall–Kier alpha value is -1.19. The lowest BCUT2D eigenvalue weighted by Gasteiger charge is -2.09. The molecule has 0 atom stereocenters. The van der Waals surface area contributed by atoms with Gasteiger partial charge in [0.25, 0.3) is 0 Å². The van der Waals surface area contributed by atoms with E-state index in [9.17, 15) is 0 Å². The number of benzene rings is 2. The van der Waals surface area contributed by atoms with Gasteiger partial charge in [0.1, 0.15) is 24.7 Å². The van der Waals surface area contributed by atoms with Gasteiger partial charge in [0.05, 0.1) is 0 Å². The predicted octanol–water partition coefficient (Wildman–Crippen LogP) is 4.65. The third-order valence-electron chi connectivity index (χ3n) is 2.49. The first-order chi connectivity index (χ1) is 9.28. The van der Waals surface area contributed by atoms with Crippen molar-refractivity contribution < 1.29 is 9.47 Å². The van der Waals surface area contributed by atoms with Crippen molar-refractivity contribution in [1.29, 1.82) is 0 Å². The molecule has 0 aliphatic carbocycles. The van der Waals surface area contributed by atoms with Gasteiger partial charge in [0.2, 0.25) is 0 Å². The van der Waals surface area contributed by atoms with Crippen LogP contribution in [-0.4, -0.2) is 13.2 Å². The first-order valence-electron chi connectivity index (χ1n) is 5.94. The third kappa shape index (κ3) is 4.77. The lowest BCUT2D eigenvalue weighted by Crippen LogP contribution is -2.08. The SMILES string of the molecule is ClCc1cccc(OCCOc2ccc(Br)cc2)c1. The molecule has 0 heterocycles. The molecule has 0 saturated heterocycles. The van der Waals surface area contributed by atoms with Crippen molar-refractivity contribution in [3.8, 4) is 11.5 Å². The minimum Gasteiger partial charge on any atom is -0.490 e. The summed E-state index contributed by atoms with van der Waals surface area (Å²) in [5.41, 5.74) is 1.05. The van der Waals surface area contributed by atoms with Crippen LogP contribution in [0.15, 0.2) is 53.0 Å². The Bertz CT molecular complexity index is 514. The molecule has 0 fully saturated rings. The van der Waals surface area contributed by atoms with Gasteiger partial charge in [-0.05, 0) is 42.0 Å².